The van der Waals surface area contributed by atoms with E-state index in [-0.39, 0.29) is 0 Å². The second-order valence-corrected chi connectivity index (χ2v) is 4.56. The predicted molar refractivity (Wildman–Crippen MR) is 67.1 cm³/mol. The Kier molecular flexibility index (Phi) is 2.89. The van der Waals surface area contributed by atoms with E-state index in [1.807, 2.05) is 0 Å². The lowest BCUT2D eigenvalue weighted by Gasteiger charge is -2.05. The third-order valence-electron chi connectivity index (χ3n) is 2.78. The SMILES string of the molecule is Cc1ccc(-c2cscc2CN)cc1C. The van der Waals surface area contributed by atoms with E-state index >= 15 is 0 Å². The fourth-order valence-corrected chi connectivity index (χ4v) is 2.52. The molecule has 0 aliphatic heterocycles. The van der Waals surface area contributed by atoms with Crippen LogP contribution < -0.4 is 5.73 Å². The number of rotatable bonds is 2. The van der Waals surface area contributed by atoms with Crippen molar-refractivity contribution in [1.82, 2.24) is 0 Å². The number of hydrogen-bond acceptors (Lipinski definition) is 2. The molecule has 0 saturated carbocycles. The molecule has 0 bridgehead atoms. The van der Waals surface area contributed by atoms with Crippen LogP contribution >= 0.6 is 11.3 Å². The molecular weight excluding hydrogens is 202 g/mol. The smallest absolute Gasteiger partial charge is 0.0192 e. The lowest BCUT2D eigenvalue weighted by molar-refractivity contribution is 1.08. The Morgan fingerprint density at radius 3 is 2.60 bits per heavy atom. The van der Waals surface area contributed by atoms with Crippen molar-refractivity contribution >= 4 is 11.3 Å². The first-order chi connectivity index (χ1) is 7.22. The molecule has 0 unspecified atom stereocenters. The highest BCUT2D eigenvalue weighted by Crippen LogP contribution is 2.28. The van der Waals surface area contributed by atoms with Crippen LogP contribution in [0, 0.1) is 13.8 Å². The van der Waals surface area contributed by atoms with Crippen LogP contribution in [0.25, 0.3) is 11.1 Å². The first-order valence-electron chi connectivity index (χ1n) is 5.05. The number of hydrogen-bond donors (Lipinski definition) is 1. The van der Waals surface area contributed by atoms with E-state index in [0.717, 1.165) is 0 Å². The van der Waals surface area contributed by atoms with Gasteiger partial charge in [-0.1, -0.05) is 18.2 Å². The lowest BCUT2D eigenvalue weighted by Crippen LogP contribution is -1.96. The minimum absolute atomic E-state index is 0.617. The Morgan fingerprint density at radius 1 is 1.13 bits per heavy atom. The Hall–Kier alpha value is -1.12. The zero-order valence-electron chi connectivity index (χ0n) is 9.08. The zero-order valence-corrected chi connectivity index (χ0v) is 9.90. The molecule has 2 N–H and O–H groups in total. The van der Waals surface area contributed by atoms with Gasteiger partial charge in [-0.05, 0) is 52.4 Å². The lowest BCUT2D eigenvalue weighted by atomic mass is 10.00. The summed E-state index contributed by atoms with van der Waals surface area (Å²) in [6.07, 6.45) is 0. The molecule has 0 spiro atoms. The summed E-state index contributed by atoms with van der Waals surface area (Å²) in [6.45, 7) is 4.90. The number of benzene rings is 1. The van der Waals surface area contributed by atoms with E-state index in [9.17, 15) is 0 Å². The Balaban J connectivity index is 2.50. The number of thiophene rings is 1. The normalized spacial score (nSPS) is 10.6. The molecule has 0 radical (unpaired) electrons. The highest BCUT2D eigenvalue weighted by molar-refractivity contribution is 7.08. The molecule has 1 nitrogen and oxygen atoms in total. The van der Waals surface area contributed by atoms with Crippen LogP contribution in [0.15, 0.2) is 29.0 Å². The fourth-order valence-electron chi connectivity index (χ4n) is 1.64. The van der Waals surface area contributed by atoms with E-state index in [2.05, 4.69) is 42.8 Å². The predicted octanol–water partition coefficient (Wildman–Crippen LogP) is 3.49. The van der Waals surface area contributed by atoms with Gasteiger partial charge in [0.05, 0.1) is 0 Å². The molecule has 2 aromatic rings. The van der Waals surface area contributed by atoms with Crippen LogP contribution in [0.4, 0.5) is 0 Å². The van der Waals surface area contributed by atoms with Crippen molar-refractivity contribution in [2.75, 3.05) is 0 Å². The highest BCUT2D eigenvalue weighted by Gasteiger charge is 2.05. The molecule has 0 saturated heterocycles. The van der Waals surface area contributed by atoms with Crippen molar-refractivity contribution < 1.29 is 0 Å². The van der Waals surface area contributed by atoms with E-state index in [1.165, 1.54) is 27.8 Å². The number of nitrogens with two attached hydrogens (primary N) is 1. The molecular formula is C13H15NS. The molecule has 0 fully saturated rings. The number of aryl methyl sites for hydroxylation is 2. The van der Waals surface area contributed by atoms with Gasteiger partial charge in [0.15, 0.2) is 0 Å². The molecule has 1 heterocycles. The summed E-state index contributed by atoms with van der Waals surface area (Å²) >= 11 is 1.72. The minimum Gasteiger partial charge on any atom is -0.326 e. The summed E-state index contributed by atoms with van der Waals surface area (Å²) in [5, 5.41) is 4.30. The maximum absolute atomic E-state index is 5.71. The molecule has 0 aliphatic carbocycles. The Morgan fingerprint density at radius 2 is 1.93 bits per heavy atom. The average molecular weight is 217 g/mol. The second kappa shape index (κ2) is 4.17. The van der Waals surface area contributed by atoms with Crippen LogP contribution in [0.5, 0.6) is 0 Å². The van der Waals surface area contributed by atoms with Gasteiger partial charge in [-0.3, -0.25) is 0 Å². The van der Waals surface area contributed by atoms with Crippen molar-refractivity contribution in [2.24, 2.45) is 5.73 Å². The van der Waals surface area contributed by atoms with Crippen LogP contribution in [-0.4, -0.2) is 0 Å². The third-order valence-corrected chi connectivity index (χ3v) is 3.57. The molecule has 0 amide bonds. The quantitative estimate of drug-likeness (QED) is 0.818. The summed E-state index contributed by atoms with van der Waals surface area (Å²) < 4.78 is 0. The monoisotopic (exact) mass is 217 g/mol. The van der Waals surface area contributed by atoms with Crippen LogP contribution in [0.2, 0.25) is 0 Å². The molecule has 0 aliphatic rings. The first-order valence-corrected chi connectivity index (χ1v) is 5.99. The molecule has 1 aromatic heterocycles. The van der Waals surface area contributed by atoms with Gasteiger partial charge in [0.1, 0.15) is 0 Å². The van der Waals surface area contributed by atoms with E-state index in [0.29, 0.717) is 6.54 Å². The van der Waals surface area contributed by atoms with Gasteiger partial charge in [-0.25, -0.2) is 0 Å². The topological polar surface area (TPSA) is 26.0 Å². The van der Waals surface area contributed by atoms with Crippen molar-refractivity contribution in [3.8, 4) is 11.1 Å². The average Bonchev–Trinajstić information content (AvgIpc) is 2.70. The fraction of sp³-hybridized carbons (Fsp3) is 0.231. The van der Waals surface area contributed by atoms with Gasteiger partial charge >= 0.3 is 0 Å². The standard InChI is InChI=1S/C13H15NS/c1-9-3-4-11(5-10(9)2)13-8-15-7-12(13)6-14/h3-5,7-8H,6,14H2,1-2H3. The molecule has 15 heavy (non-hydrogen) atoms. The summed E-state index contributed by atoms with van der Waals surface area (Å²) in [6, 6.07) is 6.57. The van der Waals surface area contributed by atoms with Crippen LogP contribution in [0.1, 0.15) is 16.7 Å². The van der Waals surface area contributed by atoms with E-state index < -0.39 is 0 Å². The summed E-state index contributed by atoms with van der Waals surface area (Å²) in [5.41, 5.74) is 12.2. The van der Waals surface area contributed by atoms with E-state index in [1.54, 1.807) is 11.3 Å². The van der Waals surface area contributed by atoms with Gasteiger partial charge in [-0.2, -0.15) is 11.3 Å². The Labute approximate surface area is 94.6 Å². The molecule has 0 atom stereocenters. The van der Waals surface area contributed by atoms with Crippen LogP contribution in [0.3, 0.4) is 0 Å². The van der Waals surface area contributed by atoms with Gasteiger partial charge < -0.3 is 5.73 Å². The van der Waals surface area contributed by atoms with Crippen molar-refractivity contribution in [2.45, 2.75) is 20.4 Å². The second-order valence-electron chi connectivity index (χ2n) is 3.81. The van der Waals surface area contributed by atoms with Crippen molar-refractivity contribution in [1.29, 1.82) is 0 Å². The van der Waals surface area contributed by atoms with Gasteiger partial charge in [0.25, 0.3) is 0 Å². The minimum atomic E-state index is 0.617. The largest absolute Gasteiger partial charge is 0.326 e. The highest BCUT2D eigenvalue weighted by atomic mass is 32.1. The van der Waals surface area contributed by atoms with Crippen molar-refractivity contribution in [3.05, 3.63) is 45.6 Å². The van der Waals surface area contributed by atoms with Gasteiger partial charge in [0, 0.05) is 6.54 Å². The summed E-state index contributed by atoms with van der Waals surface area (Å²) in [7, 11) is 0. The maximum atomic E-state index is 5.71. The molecule has 2 heteroatoms. The maximum Gasteiger partial charge on any atom is 0.0192 e. The van der Waals surface area contributed by atoms with E-state index in [4.69, 9.17) is 5.73 Å². The third kappa shape index (κ3) is 1.96. The molecule has 78 valence electrons. The van der Waals surface area contributed by atoms with Gasteiger partial charge in [-0.15, -0.1) is 0 Å². The van der Waals surface area contributed by atoms with Crippen LogP contribution in [-0.2, 0) is 6.54 Å². The summed E-state index contributed by atoms with van der Waals surface area (Å²) in [4.78, 5) is 0. The molecule has 1 aromatic carbocycles. The zero-order chi connectivity index (χ0) is 10.8. The first kappa shape index (κ1) is 10.4. The van der Waals surface area contributed by atoms with Gasteiger partial charge in [0.2, 0.25) is 0 Å². The van der Waals surface area contributed by atoms with Crippen molar-refractivity contribution in [3.63, 3.8) is 0 Å². The Bertz CT molecular complexity index is 471. The molecule has 2 rings (SSSR count). The summed E-state index contributed by atoms with van der Waals surface area (Å²) in [5.74, 6) is 0.